The highest BCUT2D eigenvalue weighted by atomic mass is 16.5. The van der Waals surface area contributed by atoms with Gasteiger partial charge in [0.15, 0.2) is 17.5 Å². The number of hydrogen-bond acceptors (Lipinski definition) is 5. The Hall–Kier alpha value is -2.74. The molecule has 0 amide bonds. The first-order chi connectivity index (χ1) is 15.0. The molecule has 0 saturated carbocycles. The molecule has 0 fully saturated rings. The van der Waals surface area contributed by atoms with Crippen LogP contribution < -0.4 is 14.8 Å². The van der Waals surface area contributed by atoms with E-state index >= 15 is 0 Å². The Balaban J connectivity index is 1.80. The summed E-state index contributed by atoms with van der Waals surface area (Å²) in [6, 6.07) is 4.18. The average molecular weight is 430 g/mol. The standard InChI is InChI=1S/C23H35N5O3/c1-7-24-23(25-14-20-16(2)26-28(17(20)3)10-11-29-4)27-9-8-18-12-21(30-5)22(31-6)13-19(18)15-27/h12-13H,7-11,14-15H2,1-6H3,(H,24,25). The molecular weight excluding hydrogens is 394 g/mol. The van der Waals surface area contributed by atoms with Gasteiger partial charge in [-0.3, -0.25) is 4.68 Å². The maximum absolute atomic E-state index is 5.50. The minimum Gasteiger partial charge on any atom is -0.493 e. The zero-order valence-corrected chi connectivity index (χ0v) is 19.6. The smallest absolute Gasteiger partial charge is 0.194 e. The summed E-state index contributed by atoms with van der Waals surface area (Å²) in [6.07, 6.45) is 0.938. The van der Waals surface area contributed by atoms with Crippen molar-refractivity contribution in [2.75, 3.05) is 41.0 Å². The largest absolute Gasteiger partial charge is 0.493 e. The Morgan fingerprint density at radius 1 is 1.13 bits per heavy atom. The lowest BCUT2D eigenvalue weighted by atomic mass is 9.99. The Bertz CT molecular complexity index is 922. The van der Waals surface area contributed by atoms with Crippen molar-refractivity contribution in [3.8, 4) is 11.5 Å². The summed E-state index contributed by atoms with van der Waals surface area (Å²) in [5.74, 6) is 2.47. The normalized spacial score (nSPS) is 13.9. The van der Waals surface area contributed by atoms with Gasteiger partial charge >= 0.3 is 0 Å². The Morgan fingerprint density at radius 3 is 2.48 bits per heavy atom. The van der Waals surface area contributed by atoms with E-state index in [0.29, 0.717) is 13.2 Å². The third-order valence-corrected chi connectivity index (χ3v) is 5.78. The molecule has 0 unspecified atom stereocenters. The SMILES string of the molecule is CCNC(=NCc1c(C)nn(CCOC)c1C)N1CCc2cc(OC)c(OC)cc2C1. The van der Waals surface area contributed by atoms with Crippen LogP contribution in [0.5, 0.6) is 11.5 Å². The number of rotatable bonds is 8. The highest BCUT2D eigenvalue weighted by molar-refractivity contribution is 5.80. The monoisotopic (exact) mass is 429 g/mol. The average Bonchev–Trinajstić information content (AvgIpc) is 3.06. The molecule has 170 valence electrons. The number of aliphatic imine (C=N–C) groups is 1. The van der Waals surface area contributed by atoms with Crippen LogP contribution >= 0.6 is 0 Å². The van der Waals surface area contributed by atoms with Crippen molar-refractivity contribution >= 4 is 5.96 Å². The number of hydrogen-bond donors (Lipinski definition) is 1. The van der Waals surface area contributed by atoms with Gasteiger partial charge in [0.05, 0.1) is 39.6 Å². The molecule has 0 bridgehead atoms. The molecule has 2 heterocycles. The lowest BCUT2D eigenvalue weighted by Gasteiger charge is -2.32. The van der Waals surface area contributed by atoms with Crippen LogP contribution in [-0.2, 0) is 30.8 Å². The van der Waals surface area contributed by atoms with E-state index in [-0.39, 0.29) is 0 Å². The Labute approximate surface area is 185 Å². The van der Waals surface area contributed by atoms with Crippen molar-refractivity contribution in [3.63, 3.8) is 0 Å². The fraction of sp³-hybridized carbons (Fsp3) is 0.565. The lowest BCUT2D eigenvalue weighted by molar-refractivity contribution is 0.182. The fourth-order valence-corrected chi connectivity index (χ4v) is 4.00. The molecule has 1 aliphatic heterocycles. The first kappa shape index (κ1) is 22.9. The quantitative estimate of drug-likeness (QED) is 0.514. The first-order valence-electron chi connectivity index (χ1n) is 10.8. The molecule has 1 N–H and O–H groups in total. The van der Waals surface area contributed by atoms with Gasteiger partial charge in [-0.2, -0.15) is 5.10 Å². The van der Waals surface area contributed by atoms with Crippen LogP contribution in [0.4, 0.5) is 0 Å². The number of nitrogens with zero attached hydrogens (tertiary/aromatic N) is 4. The van der Waals surface area contributed by atoms with Crippen molar-refractivity contribution in [2.24, 2.45) is 4.99 Å². The molecule has 2 aromatic rings. The van der Waals surface area contributed by atoms with Crippen LogP contribution in [0.15, 0.2) is 17.1 Å². The second kappa shape index (κ2) is 10.5. The molecule has 1 aliphatic rings. The van der Waals surface area contributed by atoms with E-state index in [9.17, 15) is 0 Å². The zero-order chi connectivity index (χ0) is 22.4. The van der Waals surface area contributed by atoms with E-state index in [1.165, 1.54) is 16.7 Å². The highest BCUT2D eigenvalue weighted by Crippen LogP contribution is 2.33. The number of fused-ring (bicyclic) bond motifs is 1. The van der Waals surface area contributed by atoms with E-state index in [4.69, 9.17) is 19.2 Å². The Morgan fingerprint density at radius 2 is 1.84 bits per heavy atom. The van der Waals surface area contributed by atoms with E-state index in [0.717, 1.165) is 61.4 Å². The molecular formula is C23H35N5O3. The van der Waals surface area contributed by atoms with E-state index in [1.807, 2.05) is 11.6 Å². The summed E-state index contributed by atoms with van der Waals surface area (Å²) in [5, 5.41) is 8.11. The molecule has 0 saturated heterocycles. The second-order valence-corrected chi connectivity index (χ2v) is 7.68. The lowest BCUT2D eigenvalue weighted by Crippen LogP contribution is -2.44. The molecule has 1 aromatic carbocycles. The van der Waals surface area contributed by atoms with Crippen molar-refractivity contribution in [1.29, 1.82) is 0 Å². The van der Waals surface area contributed by atoms with Crippen LogP contribution in [0.1, 0.15) is 35.0 Å². The van der Waals surface area contributed by atoms with Gasteiger partial charge < -0.3 is 24.4 Å². The molecule has 3 rings (SSSR count). The topological polar surface area (TPSA) is 73.1 Å². The number of guanidine groups is 1. The van der Waals surface area contributed by atoms with Gasteiger partial charge in [0.25, 0.3) is 0 Å². The molecule has 0 atom stereocenters. The minimum absolute atomic E-state index is 0.599. The molecule has 0 aliphatic carbocycles. The van der Waals surface area contributed by atoms with Crippen LogP contribution in [0.2, 0.25) is 0 Å². The van der Waals surface area contributed by atoms with Gasteiger partial charge in [-0.05, 0) is 50.5 Å². The van der Waals surface area contributed by atoms with Gasteiger partial charge in [-0.25, -0.2) is 4.99 Å². The van der Waals surface area contributed by atoms with Gasteiger partial charge in [-0.15, -0.1) is 0 Å². The van der Waals surface area contributed by atoms with Crippen LogP contribution in [0, 0.1) is 13.8 Å². The van der Waals surface area contributed by atoms with Crippen molar-refractivity contribution < 1.29 is 14.2 Å². The van der Waals surface area contributed by atoms with E-state index in [2.05, 4.69) is 41.3 Å². The van der Waals surface area contributed by atoms with Gasteiger partial charge in [-0.1, -0.05) is 0 Å². The fourth-order valence-electron chi connectivity index (χ4n) is 4.00. The molecule has 8 nitrogen and oxygen atoms in total. The summed E-state index contributed by atoms with van der Waals surface area (Å²) < 4.78 is 18.2. The van der Waals surface area contributed by atoms with Crippen LogP contribution in [0.25, 0.3) is 0 Å². The van der Waals surface area contributed by atoms with E-state index < -0.39 is 0 Å². The van der Waals surface area contributed by atoms with Crippen LogP contribution in [0.3, 0.4) is 0 Å². The van der Waals surface area contributed by atoms with Crippen LogP contribution in [-0.4, -0.2) is 61.7 Å². The number of methoxy groups -OCH3 is 3. The van der Waals surface area contributed by atoms with Gasteiger partial charge in [0, 0.05) is 38.0 Å². The third-order valence-electron chi connectivity index (χ3n) is 5.78. The number of ether oxygens (including phenoxy) is 3. The Kier molecular flexibility index (Phi) is 7.79. The molecule has 8 heteroatoms. The zero-order valence-electron chi connectivity index (χ0n) is 19.6. The summed E-state index contributed by atoms with van der Waals surface area (Å²) >= 11 is 0. The third kappa shape index (κ3) is 5.12. The molecule has 0 spiro atoms. The number of aromatic nitrogens is 2. The molecule has 1 aromatic heterocycles. The molecule has 0 radical (unpaired) electrons. The predicted molar refractivity (Wildman–Crippen MR) is 122 cm³/mol. The van der Waals surface area contributed by atoms with Crippen molar-refractivity contribution in [1.82, 2.24) is 20.0 Å². The maximum Gasteiger partial charge on any atom is 0.194 e. The number of benzene rings is 1. The van der Waals surface area contributed by atoms with E-state index in [1.54, 1.807) is 21.3 Å². The number of nitrogens with one attached hydrogen (secondary N) is 1. The minimum atomic E-state index is 0.599. The number of aryl methyl sites for hydroxylation is 1. The summed E-state index contributed by atoms with van der Waals surface area (Å²) in [6.45, 7) is 10.7. The van der Waals surface area contributed by atoms with Crippen molar-refractivity contribution in [3.05, 3.63) is 40.2 Å². The highest BCUT2D eigenvalue weighted by Gasteiger charge is 2.22. The van der Waals surface area contributed by atoms with Gasteiger partial charge in [0.1, 0.15) is 0 Å². The summed E-state index contributed by atoms with van der Waals surface area (Å²) in [4.78, 5) is 7.27. The summed E-state index contributed by atoms with van der Waals surface area (Å²) in [7, 11) is 5.06. The predicted octanol–water partition coefficient (Wildman–Crippen LogP) is 2.69. The molecule has 31 heavy (non-hydrogen) atoms. The van der Waals surface area contributed by atoms with Crippen molar-refractivity contribution in [2.45, 2.75) is 46.8 Å². The second-order valence-electron chi connectivity index (χ2n) is 7.68. The van der Waals surface area contributed by atoms with Gasteiger partial charge in [0.2, 0.25) is 0 Å². The summed E-state index contributed by atoms with van der Waals surface area (Å²) in [5.41, 5.74) is 5.89. The first-order valence-corrected chi connectivity index (χ1v) is 10.8. The maximum atomic E-state index is 5.50.